The van der Waals surface area contributed by atoms with Gasteiger partial charge in [-0.2, -0.15) is 0 Å². The lowest BCUT2D eigenvalue weighted by Gasteiger charge is -2.10. The van der Waals surface area contributed by atoms with Crippen molar-refractivity contribution >= 4 is 27.8 Å². The number of unbranched alkanes of at least 4 members (excludes halogenated alkanes) is 1. The van der Waals surface area contributed by atoms with Gasteiger partial charge in [0.2, 0.25) is 0 Å². The summed E-state index contributed by atoms with van der Waals surface area (Å²) in [5, 5.41) is 1.07. The fourth-order valence-electron chi connectivity index (χ4n) is 3.15. The average Bonchev–Trinajstić information content (AvgIpc) is 3.11. The molecule has 0 spiro atoms. The highest BCUT2D eigenvalue weighted by molar-refractivity contribution is 6.06. The fourth-order valence-corrected chi connectivity index (χ4v) is 3.15. The number of aryl methyl sites for hydroxylation is 1. The first-order valence-electron chi connectivity index (χ1n) is 10.4. The van der Waals surface area contributed by atoms with Crippen LogP contribution in [0.4, 0.5) is 5.82 Å². The van der Waals surface area contributed by atoms with Gasteiger partial charge < -0.3 is 15.0 Å². The first kappa shape index (κ1) is 23.2. The number of nitrogens with two attached hydrogens (primary N) is 1. The largest absolute Gasteiger partial charge is 0.382 e. The Labute approximate surface area is 179 Å². The molecule has 0 aliphatic carbocycles. The normalized spacial score (nSPS) is 10.2. The van der Waals surface area contributed by atoms with Crippen molar-refractivity contribution in [2.45, 2.75) is 46.1 Å². The van der Waals surface area contributed by atoms with E-state index >= 15 is 0 Å². The number of hydrogen-bond acceptors (Lipinski definition) is 4. The number of hydrogen-bond donors (Lipinski definition) is 1. The molecule has 5 nitrogen and oxygen atoms in total. The molecule has 0 saturated carbocycles. The number of rotatable bonds is 8. The van der Waals surface area contributed by atoms with Gasteiger partial charge in [-0.25, -0.2) is 9.97 Å². The summed E-state index contributed by atoms with van der Waals surface area (Å²) in [5.74, 6) is 7.51. The quantitative estimate of drug-likeness (QED) is 0.314. The number of aromatic nitrogens is 3. The van der Waals surface area contributed by atoms with E-state index in [1.165, 1.54) is 0 Å². The van der Waals surface area contributed by atoms with Crippen molar-refractivity contribution in [3.8, 4) is 11.8 Å². The van der Waals surface area contributed by atoms with Crippen molar-refractivity contribution in [1.82, 2.24) is 14.5 Å². The molecule has 0 amide bonds. The molecule has 3 aromatic rings. The summed E-state index contributed by atoms with van der Waals surface area (Å²) in [7, 11) is 0. The highest BCUT2D eigenvalue weighted by atomic mass is 16.5. The van der Waals surface area contributed by atoms with Crippen molar-refractivity contribution < 1.29 is 4.74 Å². The second-order valence-corrected chi connectivity index (χ2v) is 6.80. The second kappa shape index (κ2) is 12.5. The van der Waals surface area contributed by atoms with Gasteiger partial charge in [-0.1, -0.05) is 55.5 Å². The number of pyridine rings is 1. The second-order valence-electron chi connectivity index (χ2n) is 6.80. The minimum Gasteiger partial charge on any atom is -0.382 e. The predicted octanol–water partition coefficient (Wildman–Crippen LogP) is 5.30. The third kappa shape index (κ3) is 5.95. The molecule has 0 saturated heterocycles. The van der Waals surface area contributed by atoms with Crippen LogP contribution in [-0.4, -0.2) is 27.7 Å². The van der Waals surface area contributed by atoms with E-state index in [1.807, 2.05) is 25.1 Å². The zero-order valence-electron chi connectivity index (χ0n) is 18.2. The van der Waals surface area contributed by atoms with Crippen LogP contribution < -0.4 is 5.73 Å². The number of ether oxygens (including phenoxy) is 1. The summed E-state index contributed by atoms with van der Waals surface area (Å²) in [6, 6.07) is 8.06. The van der Waals surface area contributed by atoms with E-state index in [0.717, 1.165) is 47.0 Å². The number of allylic oxidation sites excluding steroid dienone is 2. The third-order valence-electron chi connectivity index (χ3n) is 4.45. The van der Waals surface area contributed by atoms with E-state index in [-0.39, 0.29) is 0 Å². The molecule has 0 unspecified atom stereocenters. The van der Waals surface area contributed by atoms with Crippen molar-refractivity contribution in [2.24, 2.45) is 0 Å². The molecular formula is C25H32N4O. The van der Waals surface area contributed by atoms with Crippen LogP contribution >= 0.6 is 0 Å². The Morgan fingerprint density at radius 2 is 1.97 bits per heavy atom. The molecule has 3 rings (SSSR count). The van der Waals surface area contributed by atoms with Crippen molar-refractivity contribution in [3.63, 3.8) is 0 Å². The van der Waals surface area contributed by atoms with E-state index in [9.17, 15) is 0 Å². The van der Waals surface area contributed by atoms with Gasteiger partial charge in [0.05, 0.1) is 17.6 Å². The van der Waals surface area contributed by atoms with Crippen LogP contribution in [0.25, 0.3) is 21.9 Å². The van der Waals surface area contributed by atoms with Crippen LogP contribution in [0.5, 0.6) is 0 Å². The summed E-state index contributed by atoms with van der Waals surface area (Å²) in [6.45, 7) is 12.8. The summed E-state index contributed by atoms with van der Waals surface area (Å²) in [6.07, 6.45) is 7.34. The summed E-state index contributed by atoms with van der Waals surface area (Å²) in [4.78, 5) is 9.34. The van der Waals surface area contributed by atoms with Gasteiger partial charge in [-0.05, 0) is 19.4 Å². The molecule has 30 heavy (non-hydrogen) atoms. The van der Waals surface area contributed by atoms with E-state index in [4.69, 9.17) is 15.5 Å². The van der Waals surface area contributed by atoms with Gasteiger partial charge in [0.15, 0.2) is 5.82 Å². The molecule has 0 atom stereocenters. The lowest BCUT2D eigenvalue weighted by molar-refractivity contribution is 0.157. The molecule has 2 aromatic heterocycles. The minimum absolute atomic E-state index is 0.426. The number of benzene rings is 1. The molecular weight excluding hydrogens is 372 g/mol. The maximum Gasteiger partial charge on any atom is 0.152 e. The van der Waals surface area contributed by atoms with E-state index < -0.39 is 0 Å². The minimum atomic E-state index is 0.426. The Balaban J connectivity index is 0.00000101. The molecule has 2 N–H and O–H groups in total. The Morgan fingerprint density at radius 3 is 2.70 bits per heavy atom. The topological polar surface area (TPSA) is 66.0 Å². The number of nitrogen functional groups attached to an aromatic ring is 1. The predicted molar refractivity (Wildman–Crippen MR) is 127 cm³/mol. The summed E-state index contributed by atoms with van der Waals surface area (Å²) in [5.41, 5.74) is 8.93. The molecule has 1 aromatic carbocycles. The average molecular weight is 405 g/mol. The SMILES string of the molecule is C=CC.C=CCC#CCOCCn1c(CCCC)nc2c(N)nc3ccccc3c21. The van der Waals surface area contributed by atoms with Crippen LogP contribution in [0.1, 0.15) is 38.9 Å². The number of fused-ring (bicyclic) bond motifs is 3. The highest BCUT2D eigenvalue weighted by Crippen LogP contribution is 2.29. The Bertz CT molecular complexity index is 1040. The summed E-state index contributed by atoms with van der Waals surface area (Å²) < 4.78 is 7.94. The first-order valence-corrected chi connectivity index (χ1v) is 10.4. The van der Waals surface area contributed by atoms with Crippen LogP contribution in [0, 0.1) is 11.8 Å². The zero-order valence-corrected chi connectivity index (χ0v) is 18.2. The molecule has 5 heteroatoms. The van der Waals surface area contributed by atoms with Gasteiger partial charge in [0, 0.05) is 24.8 Å². The molecule has 0 radical (unpaired) electrons. The first-order chi connectivity index (χ1) is 14.7. The van der Waals surface area contributed by atoms with Gasteiger partial charge in [0.25, 0.3) is 0 Å². The van der Waals surface area contributed by atoms with Gasteiger partial charge in [0.1, 0.15) is 17.9 Å². The zero-order chi connectivity index (χ0) is 21.8. The van der Waals surface area contributed by atoms with Crippen molar-refractivity contribution in [3.05, 3.63) is 55.4 Å². The third-order valence-corrected chi connectivity index (χ3v) is 4.45. The molecule has 0 fully saturated rings. The van der Waals surface area contributed by atoms with Gasteiger partial charge in [-0.15, -0.1) is 13.2 Å². The lowest BCUT2D eigenvalue weighted by atomic mass is 10.2. The molecule has 0 aliphatic rings. The smallest absolute Gasteiger partial charge is 0.152 e. The molecule has 158 valence electrons. The van der Waals surface area contributed by atoms with E-state index in [2.05, 4.69) is 47.5 Å². The van der Waals surface area contributed by atoms with Gasteiger partial charge in [-0.3, -0.25) is 0 Å². The van der Waals surface area contributed by atoms with E-state index in [0.29, 0.717) is 32.0 Å². The standard InChI is InChI=1S/C22H26N4O.C3H6/c1-3-5-7-10-15-27-16-14-26-19(13-6-4-2)25-20-21(26)17-11-8-9-12-18(17)24-22(20)23;1-3-2/h3,8-9,11-12H,1,4-6,13-16H2,2H3,(H2,23,24);3H,1H2,2H3. The number of anilines is 1. The maximum absolute atomic E-state index is 6.21. The molecule has 0 aliphatic heterocycles. The Kier molecular flexibility index (Phi) is 9.63. The highest BCUT2D eigenvalue weighted by Gasteiger charge is 2.16. The number of para-hydroxylation sites is 1. The number of nitrogens with zero attached hydrogens (tertiary/aromatic N) is 3. The van der Waals surface area contributed by atoms with Crippen molar-refractivity contribution in [2.75, 3.05) is 18.9 Å². The van der Waals surface area contributed by atoms with Crippen LogP contribution in [0.2, 0.25) is 0 Å². The maximum atomic E-state index is 6.21. The van der Waals surface area contributed by atoms with Crippen LogP contribution in [0.15, 0.2) is 49.6 Å². The summed E-state index contributed by atoms with van der Waals surface area (Å²) >= 11 is 0. The van der Waals surface area contributed by atoms with Crippen LogP contribution in [0.3, 0.4) is 0 Å². The Morgan fingerprint density at radius 1 is 1.20 bits per heavy atom. The molecule has 2 heterocycles. The van der Waals surface area contributed by atoms with E-state index in [1.54, 1.807) is 12.2 Å². The van der Waals surface area contributed by atoms with Gasteiger partial charge >= 0.3 is 0 Å². The fraction of sp³-hybridized carbons (Fsp3) is 0.360. The molecule has 0 bridgehead atoms. The van der Waals surface area contributed by atoms with Crippen molar-refractivity contribution in [1.29, 1.82) is 0 Å². The monoisotopic (exact) mass is 404 g/mol. The lowest BCUT2D eigenvalue weighted by Crippen LogP contribution is -2.10. The Hall–Kier alpha value is -3.10. The number of imidazole rings is 1. The van der Waals surface area contributed by atoms with Crippen LogP contribution in [-0.2, 0) is 17.7 Å².